The van der Waals surface area contributed by atoms with Crippen molar-refractivity contribution in [3.63, 3.8) is 0 Å². The van der Waals surface area contributed by atoms with Gasteiger partial charge in [-0.15, -0.1) is 0 Å². The average molecular weight is 265 g/mol. The van der Waals surface area contributed by atoms with E-state index in [-0.39, 0.29) is 5.82 Å². The maximum atomic E-state index is 12.9. The summed E-state index contributed by atoms with van der Waals surface area (Å²) in [6.45, 7) is 10.7. The number of benzene rings is 1. The first-order valence-corrected chi connectivity index (χ1v) is 7.11. The molecule has 3 nitrogen and oxygen atoms in total. The van der Waals surface area contributed by atoms with Crippen molar-refractivity contribution in [2.45, 2.75) is 19.9 Å². The molecule has 0 radical (unpaired) electrons. The topological polar surface area (TPSA) is 18.5 Å². The fourth-order valence-electron chi connectivity index (χ4n) is 2.39. The summed E-state index contributed by atoms with van der Waals surface area (Å²) in [5.74, 6) is -0.165. The zero-order valence-electron chi connectivity index (χ0n) is 11.9. The summed E-state index contributed by atoms with van der Waals surface area (Å²) >= 11 is 0. The van der Waals surface area contributed by atoms with Crippen LogP contribution in [0, 0.1) is 5.82 Å². The Labute approximate surface area is 115 Å². The molecule has 1 aliphatic heterocycles. The number of nitrogens with one attached hydrogen (secondary N) is 1. The number of nitrogens with zero attached hydrogens (tertiary/aromatic N) is 2. The van der Waals surface area contributed by atoms with Crippen LogP contribution < -0.4 is 10.2 Å². The van der Waals surface area contributed by atoms with Crippen molar-refractivity contribution < 1.29 is 4.39 Å². The fraction of sp³-hybridized carbons (Fsp3) is 0.600. The molecule has 0 aliphatic carbocycles. The molecule has 4 heteroatoms. The summed E-state index contributed by atoms with van der Waals surface area (Å²) in [7, 11) is 0. The monoisotopic (exact) mass is 265 g/mol. The standard InChI is InChI=1S/C15H24FN3/c1-13(2)17-7-8-18-9-11-19(12-10-18)15-5-3-14(16)4-6-15/h3-6,13,17H,7-12H2,1-2H3. The lowest BCUT2D eigenvalue weighted by Crippen LogP contribution is -2.48. The minimum absolute atomic E-state index is 0.165. The van der Waals surface area contributed by atoms with Crippen LogP contribution in [0.5, 0.6) is 0 Å². The van der Waals surface area contributed by atoms with Gasteiger partial charge in [0.1, 0.15) is 5.82 Å². The van der Waals surface area contributed by atoms with E-state index in [2.05, 4.69) is 29.0 Å². The highest BCUT2D eigenvalue weighted by Crippen LogP contribution is 2.16. The lowest BCUT2D eigenvalue weighted by Gasteiger charge is -2.36. The van der Waals surface area contributed by atoms with Crippen LogP contribution in [0.2, 0.25) is 0 Å². The summed E-state index contributed by atoms with van der Waals surface area (Å²) in [6.07, 6.45) is 0. The highest BCUT2D eigenvalue weighted by Gasteiger charge is 2.16. The molecule has 0 spiro atoms. The van der Waals surface area contributed by atoms with Gasteiger partial charge in [0.2, 0.25) is 0 Å². The highest BCUT2D eigenvalue weighted by molar-refractivity contribution is 5.46. The molecule has 0 unspecified atom stereocenters. The molecule has 0 amide bonds. The van der Waals surface area contributed by atoms with Crippen LogP contribution in [0.25, 0.3) is 0 Å². The molecule has 0 saturated carbocycles. The number of anilines is 1. The maximum Gasteiger partial charge on any atom is 0.123 e. The first-order chi connectivity index (χ1) is 9.15. The van der Waals surface area contributed by atoms with Crippen LogP contribution >= 0.6 is 0 Å². The molecule has 106 valence electrons. The molecule has 19 heavy (non-hydrogen) atoms. The Morgan fingerprint density at radius 3 is 2.32 bits per heavy atom. The molecule has 1 heterocycles. The predicted molar refractivity (Wildman–Crippen MR) is 78.2 cm³/mol. The average Bonchev–Trinajstić information content (AvgIpc) is 2.40. The quantitative estimate of drug-likeness (QED) is 0.878. The van der Waals surface area contributed by atoms with Gasteiger partial charge >= 0.3 is 0 Å². The van der Waals surface area contributed by atoms with Crippen LogP contribution in [0.3, 0.4) is 0 Å². The Morgan fingerprint density at radius 1 is 1.11 bits per heavy atom. The lowest BCUT2D eigenvalue weighted by atomic mass is 10.2. The van der Waals surface area contributed by atoms with Crippen LogP contribution in [0.15, 0.2) is 24.3 Å². The third kappa shape index (κ3) is 4.48. The van der Waals surface area contributed by atoms with Gasteiger partial charge in [0.05, 0.1) is 0 Å². The molecule has 1 aliphatic rings. The molecule has 1 saturated heterocycles. The highest BCUT2D eigenvalue weighted by atomic mass is 19.1. The van der Waals surface area contributed by atoms with Gasteiger partial charge in [-0.05, 0) is 24.3 Å². The molecule has 1 aromatic rings. The molecule has 1 fully saturated rings. The molecule has 1 aromatic carbocycles. The lowest BCUT2D eigenvalue weighted by molar-refractivity contribution is 0.255. The van der Waals surface area contributed by atoms with Gasteiger partial charge in [-0.1, -0.05) is 13.8 Å². The van der Waals surface area contributed by atoms with Crippen molar-refractivity contribution in [1.82, 2.24) is 10.2 Å². The van der Waals surface area contributed by atoms with Gasteiger partial charge in [-0.2, -0.15) is 0 Å². The zero-order chi connectivity index (χ0) is 13.7. The normalized spacial score (nSPS) is 17.2. The van der Waals surface area contributed by atoms with E-state index in [1.54, 1.807) is 0 Å². The summed E-state index contributed by atoms with van der Waals surface area (Å²) in [5.41, 5.74) is 1.13. The second kappa shape index (κ2) is 6.87. The molecule has 2 rings (SSSR count). The summed E-state index contributed by atoms with van der Waals surface area (Å²) < 4.78 is 12.9. The van der Waals surface area contributed by atoms with E-state index in [4.69, 9.17) is 0 Å². The maximum absolute atomic E-state index is 12.9. The zero-order valence-corrected chi connectivity index (χ0v) is 11.9. The number of hydrogen-bond donors (Lipinski definition) is 1. The number of rotatable bonds is 5. The van der Waals surface area contributed by atoms with E-state index < -0.39 is 0 Å². The van der Waals surface area contributed by atoms with Gasteiger partial charge in [0.15, 0.2) is 0 Å². The van der Waals surface area contributed by atoms with Crippen molar-refractivity contribution >= 4 is 5.69 Å². The molecule has 0 aromatic heterocycles. The summed E-state index contributed by atoms with van der Waals surface area (Å²) in [4.78, 5) is 4.81. The minimum Gasteiger partial charge on any atom is -0.369 e. The van der Waals surface area contributed by atoms with Crippen molar-refractivity contribution in [2.75, 3.05) is 44.2 Å². The largest absolute Gasteiger partial charge is 0.369 e. The number of piperazine rings is 1. The number of halogens is 1. The second-order valence-electron chi connectivity index (χ2n) is 5.41. The molecular weight excluding hydrogens is 241 g/mol. The predicted octanol–water partition coefficient (Wildman–Crippen LogP) is 1.95. The van der Waals surface area contributed by atoms with Gasteiger partial charge in [-0.3, -0.25) is 4.90 Å². The van der Waals surface area contributed by atoms with Gasteiger partial charge < -0.3 is 10.2 Å². The van der Waals surface area contributed by atoms with Crippen molar-refractivity contribution in [2.24, 2.45) is 0 Å². The third-order valence-electron chi connectivity index (χ3n) is 3.54. The Kier molecular flexibility index (Phi) is 5.16. The first-order valence-electron chi connectivity index (χ1n) is 7.11. The van der Waals surface area contributed by atoms with E-state index >= 15 is 0 Å². The van der Waals surface area contributed by atoms with Crippen LogP contribution in [-0.2, 0) is 0 Å². The molecule has 1 N–H and O–H groups in total. The van der Waals surface area contributed by atoms with Crippen LogP contribution in [0.1, 0.15) is 13.8 Å². The Balaban J connectivity index is 1.74. The van der Waals surface area contributed by atoms with Gasteiger partial charge in [-0.25, -0.2) is 4.39 Å². The summed E-state index contributed by atoms with van der Waals surface area (Å²) in [6, 6.07) is 7.36. The van der Waals surface area contributed by atoms with E-state index in [9.17, 15) is 4.39 Å². The van der Waals surface area contributed by atoms with E-state index in [1.165, 1.54) is 12.1 Å². The number of hydrogen-bond acceptors (Lipinski definition) is 3. The summed E-state index contributed by atoms with van der Waals surface area (Å²) in [5, 5.41) is 3.44. The van der Waals surface area contributed by atoms with Crippen LogP contribution in [-0.4, -0.2) is 50.2 Å². The van der Waals surface area contributed by atoms with Crippen molar-refractivity contribution in [1.29, 1.82) is 0 Å². The fourth-order valence-corrected chi connectivity index (χ4v) is 2.39. The van der Waals surface area contributed by atoms with Gasteiger partial charge in [0, 0.05) is 51.0 Å². The van der Waals surface area contributed by atoms with E-state index in [1.807, 2.05) is 12.1 Å². The Hall–Kier alpha value is -1.13. The van der Waals surface area contributed by atoms with E-state index in [0.29, 0.717) is 6.04 Å². The molecule has 0 bridgehead atoms. The molecular formula is C15H24FN3. The second-order valence-corrected chi connectivity index (χ2v) is 5.41. The van der Waals surface area contributed by atoms with Crippen molar-refractivity contribution in [3.8, 4) is 0 Å². The van der Waals surface area contributed by atoms with Crippen LogP contribution in [0.4, 0.5) is 10.1 Å². The smallest absolute Gasteiger partial charge is 0.123 e. The first kappa shape index (κ1) is 14.3. The molecule has 0 atom stereocenters. The minimum atomic E-state index is -0.165. The third-order valence-corrected chi connectivity index (χ3v) is 3.54. The SMILES string of the molecule is CC(C)NCCN1CCN(c2ccc(F)cc2)CC1. The van der Waals surface area contributed by atoms with E-state index in [0.717, 1.165) is 45.0 Å². The van der Waals surface area contributed by atoms with Gasteiger partial charge in [0.25, 0.3) is 0 Å². The Bertz CT molecular complexity index is 369. The Morgan fingerprint density at radius 2 is 1.74 bits per heavy atom. The van der Waals surface area contributed by atoms with Crippen molar-refractivity contribution in [3.05, 3.63) is 30.1 Å².